The first-order valence-corrected chi connectivity index (χ1v) is 8.08. The van der Waals surface area contributed by atoms with Crippen LogP contribution in [0.1, 0.15) is 39.2 Å². The van der Waals surface area contributed by atoms with Gasteiger partial charge in [0.15, 0.2) is 0 Å². The summed E-state index contributed by atoms with van der Waals surface area (Å²) in [4.78, 5) is 14.7. The second-order valence-electron chi connectivity index (χ2n) is 5.71. The van der Waals surface area contributed by atoms with Gasteiger partial charge in [0.05, 0.1) is 6.04 Å². The molecule has 20 heavy (non-hydrogen) atoms. The molecule has 4 heteroatoms. The van der Waals surface area contributed by atoms with Gasteiger partial charge in [0, 0.05) is 23.1 Å². The highest BCUT2D eigenvalue weighted by molar-refractivity contribution is 9.10. The molecule has 1 aliphatic rings. The van der Waals surface area contributed by atoms with Gasteiger partial charge >= 0.3 is 0 Å². The van der Waals surface area contributed by atoms with Crippen molar-refractivity contribution in [1.82, 2.24) is 10.2 Å². The molecule has 0 aliphatic carbocycles. The fourth-order valence-corrected chi connectivity index (χ4v) is 3.51. The van der Waals surface area contributed by atoms with Gasteiger partial charge in [-0.15, -0.1) is 0 Å². The van der Waals surface area contributed by atoms with Crippen molar-refractivity contribution in [2.24, 2.45) is 0 Å². The van der Waals surface area contributed by atoms with E-state index in [9.17, 15) is 4.79 Å². The lowest BCUT2D eigenvalue weighted by molar-refractivity contribution is -0.127. The number of amides is 1. The summed E-state index contributed by atoms with van der Waals surface area (Å²) >= 11 is 3.51. The maximum atomic E-state index is 12.3. The molecule has 0 saturated carbocycles. The van der Waals surface area contributed by atoms with Crippen LogP contribution < -0.4 is 5.32 Å². The fraction of sp³-hybridized carbons (Fsp3) is 0.562. The first-order valence-electron chi connectivity index (χ1n) is 7.29. The molecule has 1 N–H and O–H groups in total. The van der Waals surface area contributed by atoms with Crippen LogP contribution in [0.2, 0.25) is 0 Å². The molecule has 1 aliphatic heterocycles. The molecule has 110 valence electrons. The molecule has 3 nitrogen and oxygen atoms in total. The number of halogens is 1. The topological polar surface area (TPSA) is 32.3 Å². The minimum Gasteiger partial charge on any atom is -0.351 e. The van der Waals surface area contributed by atoms with Crippen molar-refractivity contribution in [3.8, 4) is 0 Å². The summed E-state index contributed by atoms with van der Waals surface area (Å²) in [7, 11) is 0. The first-order chi connectivity index (χ1) is 9.50. The zero-order valence-corrected chi connectivity index (χ0v) is 14.0. The van der Waals surface area contributed by atoms with Crippen molar-refractivity contribution >= 4 is 21.8 Å². The highest BCUT2D eigenvalue weighted by atomic mass is 79.9. The third-order valence-electron chi connectivity index (χ3n) is 4.26. The Morgan fingerprint density at radius 3 is 2.55 bits per heavy atom. The average Bonchev–Trinajstić information content (AvgIpc) is 2.76. The highest BCUT2D eigenvalue weighted by Crippen LogP contribution is 2.26. The Morgan fingerprint density at radius 2 is 1.95 bits per heavy atom. The number of benzene rings is 1. The number of nitrogens with one attached hydrogen (secondary N) is 1. The normalized spacial score (nSPS) is 24.6. The molecule has 1 heterocycles. The number of hydrogen-bond donors (Lipinski definition) is 1. The van der Waals surface area contributed by atoms with Crippen molar-refractivity contribution in [1.29, 1.82) is 0 Å². The Labute approximate surface area is 129 Å². The van der Waals surface area contributed by atoms with Crippen molar-refractivity contribution in [2.45, 2.75) is 58.3 Å². The minimum atomic E-state index is -0.0648. The number of nitrogens with zero attached hydrogens (tertiary/aromatic N) is 1. The van der Waals surface area contributed by atoms with E-state index in [-0.39, 0.29) is 11.9 Å². The number of likely N-dealkylation sites (tertiary alicyclic amines) is 1. The summed E-state index contributed by atoms with van der Waals surface area (Å²) in [6.07, 6.45) is 2.37. The molecule has 1 amide bonds. The van der Waals surface area contributed by atoms with Gasteiger partial charge in [-0.1, -0.05) is 34.1 Å². The molecule has 1 saturated heterocycles. The second-order valence-corrected chi connectivity index (χ2v) is 6.56. The lowest BCUT2D eigenvalue weighted by Crippen LogP contribution is -2.48. The average molecular weight is 339 g/mol. The van der Waals surface area contributed by atoms with Gasteiger partial charge in [-0.05, 0) is 45.2 Å². The van der Waals surface area contributed by atoms with E-state index in [0.29, 0.717) is 18.6 Å². The number of rotatable bonds is 4. The molecule has 0 bridgehead atoms. The Hall–Kier alpha value is -0.870. The molecule has 3 unspecified atom stereocenters. The molecule has 0 radical (unpaired) electrons. The van der Waals surface area contributed by atoms with Crippen molar-refractivity contribution in [3.05, 3.63) is 34.3 Å². The van der Waals surface area contributed by atoms with Gasteiger partial charge in [-0.2, -0.15) is 0 Å². The van der Waals surface area contributed by atoms with Crippen LogP contribution in [-0.4, -0.2) is 28.9 Å². The summed E-state index contributed by atoms with van der Waals surface area (Å²) in [5.41, 5.74) is 1.11. The third-order valence-corrected chi connectivity index (χ3v) is 5.03. The van der Waals surface area contributed by atoms with Gasteiger partial charge in [-0.25, -0.2) is 0 Å². The predicted molar refractivity (Wildman–Crippen MR) is 85.4 cm³/mol. The Bertz CT molecular complexity index is 467. The molecule has 0 spiro atoms. The van der Waals surface area contributed by atoms with Crippen LogP contribution in [0.3, 0.4) is 0 Å². The maximum absolute atomic E-state index is 12.3. The zero-order valence-electron chi connectivity index (χ0n) is 12.4. The van der Waals surface area contributed by atoms with Crippen LogP contribution in [0.15, 0.2) is 28.7 Å². The van der Waals surface area contributed by atoms with E-state index in [1.807, 2.05) is 31.2 Å². The fourth-order valence-electron chi connectivity index (χ4n) is 3.09. The standard InChI is InChI=1S/C16H23BrN2O/c1-11-8-9-12(2)19(11)13(3)16(20)18-10-14-6-4-5-7-15(14)17/h4-7,11-13H,8-10H2,1-3H3,(H,18,20). The second kappa shape index (κ2) is 6.72. The van der Waals surface area contributed by atoms with Crippen LogP contribution in [0, 0.1) is 0 Å². The number of hydrogen-bond acceptors (Lipinski definition) is 2. The van der Waals surface area contributed by atoms with E-state index in [1.54, 1.807) is 0 Å². The number of carbonyl (C=O) groups excluding carboxylic acids is 1. The van der Waals surface area contributed by atoms with E-state index in [2.05, 4.69) is 40.0 Å². The molecular formula is C16H23BrN2O. The van der Waals surface area contributed by atoms with Gasteiger partial charge < -0.3 is 5.32 Å². The Balaban J connectivity index is 1.93. The molecule has 1 aromatic carbocycles. The monoisotopic (exact) mass is 338 g/mol. The summed E-state index contributed by atoms with van der Waals surface area (Å²) < 4.78 is 1.04. The smallest absolute Gasteiger partial charge is 0.237 e. The zero-order chi connectivity index (χ0) is 14.7. The summed E-state index contributed by atoms with van der Waals surface area (Å²) in [6.45, 7) is 7.00. The van der Waals surface area contributed by atoms with Crippen molar-refractivity contribution in [2.75, 3.05) is 0 Å². The highest BCUT2D eigenvalue weighted by Gasteiger charge is 2.34. The summed E-state index contributed by atoms with van der Waals surface area (Å²) in [5.74, 6) is 0.112. The molecule has 1 fully saturated rings. The maximum Gasteiger partial charge on any atom is 0.237 e. The summed E-state index contributed by atoms with van der Waals surface area (Å²) in [6, 6.07) is 8.91. The van der Waals surface area contributed by atoms with Crippen LogP contribution in [0.4, 0.5) is 0 Å². The first kappa shape index (κ1) is 15.5. The largest absolute Gasteiger partial charge is 0.351 e. The minimum absolute atomic E-state index is 0.0648. The predicted octanol–water partition coefficient (Wildman–Crippen LogP) is 3.33. The lowest BCUT2D eigenvalue weighted by Gasteiger charge is -2.31. The Morgan fingerprint density at radius 1 is 1.35 bits per heavy atom. The van der Waals surface area contributed by atoms with E-state index in [1.165, 1.54) is 12.8 Å². The Kier molecular flexibility index (Phi) is 5.22. The molecule has 3 atom stereocenters. The van der Waals surface area contributed by atoms with E-state index < -0.39 is 0 Å². The van der Waals surface area contributed by atoms with Crippen LogP contribution in [-0.2, 0) is 11.3 Å². The van der Waals surface area contributed by atoms with Crippen molar-refractivity contribution in [3.63, 3.8) is 0 Å². The van der Waals surface area contributed by atoms with Crippen LogP contribution in [0.5, 0.6) is 0 Å². The van der Waals surface area contributed by atoms with Gasteiger partial charge in [0.25, 0.3) is 0 Å². The van der Waals surface area contributed by atoms with E-state index in [4.69, 9.17) is 0 Å². The SMILES string of the molecule is CC1CCC(C)N1C(C)C(=O)NCc1ccccc1Br. The van der Waals surface area contributed by atoms with Gasteiger partial charge in [0.2, 0.25) is 5.91 Å². The van der Waals surface area contributed by atoms with Gasteiger partial charge in [0.1, 0.15) is 0 Å². The molecule has 0 aromatic heterocycles. The van der Waals surface area contributed by atoms with Crippen molar-refractivity contribution < 1.29 is 4.79 Å². The van der Waals surface area contributed by atoms with E-state index >= 15 is 0 Å². The van der Waals surface area contributed by atoms with Gasteiger partial charge in [-0.3, -0.25) is 9.69 Å². The van der Waals surface area contributed by atoms with Crippen LogP contribution >= 0.6 is 15.9 Å². The third kappa shape index (κ3) is 3.41. The lowest BCUT2D eigenvalue weighted by atomic mass is 10.2. The number of carbonyl (C=O) groups is 1. The quantitative estimate of drug-likeness (QED) is 0.913. The molecule has 1 aromatic rings. The van der Waals surface area contributed by atoms with Crippen LogP contribution in [0.25, 0.3) is 0 Å². The van der Waals surface area contributed by atoms with E-state index in [0.717, 1.165) is 10.0 Å². The molecule has 2 rings (SSSR count). The summed E-state index contributed by atoms with van der Waals surface area (Å²) in [5, 5.41) is 3.05. The molecular weight excluding hydrogens is 316 g/mol.